The molecule has 0 bridgehead atoms. The summed E-state index contributed by atoms with van der Waals surface area (Å²) >= 11 is 0. The first-order valence-corrected chi connectivity index (χ1v) is 12.0. The normalized spacial score (nSPS) is 14.5. The molecule has 0 spiro atoms. The Labute approximate surface area is 210 Å². The molecule has 1 heterocycles. The van der Waals surface area contributed by atoms with Gasteiger partial charge in [-0.15, -0.1) is 0 Å². The molecule has 4 rings (SSSR count). The van der Waals surface area contributed by atoms with E-state index >= 15 is 0 Å². The number of methoxy groups -OCH3 is 2. The minimum Gasteiger partial charge on any atom is -0.493 e. The Morgan fingerprint density at radius 3 is 2.33 bits per heavy atom. The summed E-state index contributed by atoms with van der Waals surface area (Å²) in [5.41, 5.74) is 1.06. The Kier molecular flexibility index (Phi) is 8.15. The number of benzene rings is 2. The van der Waals surface area contributed by atoms with E-state index in [1.807, 2.05) is 0 Å². The van der Waals surface area contributed by atoms with Crippen LogP contribution >= 0.6 is 0 Å². The second-order valence-electron chi connectivity index (χ2n) is 8.73. The number of ether oxygens (including phenoxy) is 2. The molecule has 2 aromatic carbocycles. The number of rotatable bonds is 8. The van der Waals surface area contributed by atoms with Crippen molar-refractivity contribution in [1.29, 1.82) is 0 Å². The summed E-state index contributed by atoms with van der Waals surface area (Å²) in [7, 11) is 3.02. The van der Waals surface area contributed by atoms with Crippen LogP contribution in [0.15, 0.2) is 66.9 Å². The summed E-state index contributed by atoms with van der Waals surface area (Å²) in [6, 6.07) is 14.6. The van der Waals surface area contributed by atoms with Crippen LogP contribution in [0.5, 0.6) is 11.5 Å². The molecule has 3 aromatic rings. The highest BCUT2D eigenvalue weighted by Gasteiger charge is 2.35. The molecule has 1 aliphatic carbocycles. The summed E-state index contributed by atoms with van der Waals surface area (Å²) in [6.07, 6.45) is 6.51. The summed E-state index contributed by atoms with van der Waals surface area (Å²) in [6.45, 7) is 0. The van der Waals surface area contributed by atoms with Crippen LogP contribution in [0.1, 0.15) is 54.2 Å². The number of carbonyl (C=O) groups excluding carboxylic acids is 2. The maximum atomic E-state index is 13.9. The molecule has 1 atom stereocenters. The predicted molar refractivity (Wildman–Crippen MR) is 135 cm³/mol. The summed E-state index contributed by atoms with van der Waals surface area (Å²) < 4.78 is 24.7. The third kappa shape index (κ3) is 5.64. The number of nitrogens with one attached hydrogen (secondary N) is 1. The van der Waals surface area contributed by atoms with E-state index in [0.717, 1.165) is 32.1 Å². The van der Waals surface area contributed by atoms with Gasteiger partial charge in [-0.25, -0.2) is 4.39 Å². The van der Waals surface area contributed by atoms with Gasteiger partial charge in [0.1, 0.15) is 17.6 Å². The van der Waals surface area contributed by atoms with Gasteiger partial charge in [0, 0.05) is 24.0 Å². The third-order valence-electron chi connectivity index (χ3n) is 6.39. The topological polar surface area (TPSA) is 80.8 Å². The summed E-state index contributed by atoms with van der Waals surface area (Å²) in [4.78, 5) is 33.4. The Bertz CT molecular complexity index is 1180. The molecule has 1 N–H and O–H groups in total. The molecule has 7 nitrogen and oxygen atoms in total. The maximum Gasteiger partial charge on any atom is 0.277 e. The third-order valence-corrected chi connectivity index (χ3v) is 6.39. The highest BCUT2D eigenvalue weighted by atomic mass is 19.1. The number of hydrogen-bond acceptors (Lipinski definition) is 5. The van der Waals surface area contributed by atoms with Crippen LogP contribution < -0.4 is 19.7 Å². The molecule has 0 aliphatic heterocycles. The number of amides is 2. The van der Waals surface area contributed by atoms with Crippen LogP contribution in [0.25, 0.3) is 0 Å². The van der Waals surface area contributed by atoms with Crippen LogP contribution in [0, 0.1) is 5.82 Å². The molecule has 188 valence electrons. The number of nitrogens with zero attached hydrogens (tertiary/aromatic N) is 2. The molecule has 8 heteroatoms. The second-order valence-corrected chi connectivity index (χ2v) is 8.73. The number of anilines is 1. The van der Waals surface area contributed by atoms with Gasteiger partial charge in [-0.05, 0) is 54.8 Å². The Balaban J connectivity index is 1.84. The highest BCUT2D eigenvalue weighted by molar-refractivity contribution is 6.09. The average Bonchev–Trinajstić information content (AvgIpc) is 2.92. The minimum atomic E-state index is -1.07. The zero-order valence-corrected chi connectivity index (χ0v) is 20.4. The van der Waals surface area contributed by atoms with E-state index in [-0.39, 0.29) is 17.6 Å². The molecular formula is C28H30FN3O4. The predicted octanol–water partition coefficient (Wildman–Crippen LogP) is 5.07. The Morgan fingerprint density at radius 2 is 1.69 bits per heavy atom. The van der Waals surface area contributed by atoms with Crippen LogP contribution in [-0.4, -0.2) is 37.1 Å². The van der Waals surface area contributed by atoms with Gasteiger partial charge in [0.15, 0.2) is 11.5 Å². The molecule has 1 saturated carbocycles. The van der Waals surface area contributed by atoms with Crippen molar-refractivity contribution in [1.82, 2.24) is 10.3 Å². The lowest BCUT2D eigenvalue weighted by Crippen LogP contribution is -2.47. The van der Waals surface area contributed by atoms with E-state index < -0.39 is 17.8 Å². The van der Waals surface area contributed by atoms with Crippen molar-refractivity contribution in [2.24, 2.45) is 0 Å². The van der Waals surface area contributed by atoms with Crippen molar-refractivity contribution in [3.05, 3.63) is 83.9 Å². The van der Waals surface area contributed by atoms with E-state index in [4.69, 9.17) is 9.47 Å². The quantitative estimate of drug-likeness (QED) is 0.476. The lowest BCUT2D eigenvalue weighted by Gasteiger charge is -2.33. The molecule has 0 unspecified atom stereocenters. The largest absolute Gasteiger partial charge is 0.493 e. The standard InChI is InChI=1S/C28H30FN3O4/c1-35-24-16-15-22(18-25(24)36-2)32(28(34)23-10-6-7-17-30-23)26(19-11-13-20(29)14-12-19)27(33)31-21-8-4-3-5-9-21/h6-7,10-18,21,26H,3-5,8-9H2,1-2H3,(H,31,33)/t26-/m0/s1. The first-order valence-electron chi connectivity index (χ1n) is 12.0. The SMILES string of the molecule is COc1ccc(N(C(=O)c2ccccn2)[C@H](C(=O)NC2CCCCC2)c2ccc(F)cc2)cc1OC. The van der Waals surface area contributed by atoms with Crippen molar-refractivity contribution >= 4 is 17.5 Å². The van der Waals surface area contributed by atoms with E-state index in [9.17, 15) is 14.0 Å². The fraction of sp³-hybridized carbons (Fsp3) is 0.321. The minimum absolute atomic E-state index is 0.0198. The smallest absolute Gasteiger partial charge is 0.277 e. The molecule has 0 radical (unpaired) electrons. The summed E-state index contributed by atoms with van der Waals surface area (Å²) in [5.74, 6) is -0.363. The van der Waals surface area contributed by atoms with Crippen LogP contribution in [0.2, 0.25) is 0 Å². The van der Waals surface area contributed by atoms with E-state index in [1.54, 1.807) is 36.4 Å². The zero-order valence-electron chi connectivity index (χ0n) is 20.4. The maximum absolute atomic E-state index is 13.9. The van der Waals surface area contributed by atoms with Crippen molar-refractivity contribution in [3.63, 3.8) is 0 Å². The fourth-order valence-corrected chi connectivity index (χ4v) is 4.56. The van der Waals surface area contributed by atoms with Crippen molar-refractivity contribution in [3.8, 4) is 11.5 Å². The van der Waals surface area contributed by atoms with Crippen LogP contribution in [0.4, 0.5) is 10.1 Å². The molecule has 0 saturated heterocycles. The van der Waals surface area contributed by atoms with E-state index in [1.165, 1.54) is 49.6 Å². The summed E-state index contributed by atoms with van der Waals surface area (Å²) in [5, 5.41) is 3.14. The van der Waals surface area contributed by atoms with E-state index in [0.29, 0.717) is 22.7 Å². The molecule has 2 amide bonds. The first kappa shape index (κ1) is 25.2. The van der Waals surface area contributed by atoms with Crippen LogP contribution in [-0.2, 0) is 4.79 Å². The number of halogens is 1. The number of pyridine rings is 1. The second kappa shape index (κ2) is 11.7. The lowest BCUT2D eigenvalue weighted by atomic mass is 9.94. The lowest BCUT2D eigenvalue weighted by molar-refractivity contribution is -0.123. The molecule has 1 aromatic heterocycles. The molecule has 36 heavy (non-hydrogen) atoms. The van der Waals surface area contributed by atoms with Gasteiger partial charge in [0.25, 0.3) is 5.91 Å². The van der Waals surface area contributed by atoms with E-state index in [2.05, 4.69) is 10.3 Å². The van der Waals surface area contributed by atoms with Crippen molar-refractivity contribution < 1.29 is 23.5 Å². The van der Waals surface area contributed by atoms with Gasteiger partial charge < -0.3 is 14.8 Å². The van der Waals surface area contributed by atoms with Gasteiger partial charge in [0.2, 0.25) is 5.91 Å². The van der Waals surface area contributed by atoms with Crippen LogP contribution in [0.3, 0.4) is 0 Å². The van der Waals surface area contributed by atoms with Gasteiger partial charge in [0.05, 0.1) is 14.2 Å². The van der Waals surface area contributed by atoms with Gasteiger partial charge >= 0.3 is 0 Å². The van der Waals surface area contributed by atoms with Crippen molar-refractivity contribution in [2.75, 3.05) is 19.1 Å². The fourth-order valence-electron chi connectivity index (χ4n) is 4.56. The molecule has 1 fully saturated rings. The average molecular weight is 492 g/mol. The number of carbonyl (C=O) groups is 2. The highest BCUT2D eigenvalue weighted by Crippen LogP contribution is 2.36. The Morgan fingerprint density at radius 1 is 0.972 bits per heavy atom. The number of hydrogen-bond donors (Lipinski definition) is 1. The first-order chi connectivity index (χ1) is 17.5. The van der Waals surface area contributed by atoms with Gasteiger partial charge in [-0.1, -0.05) is 37.5 Å². The van der Waals surface area contributed by atoms with Gasteiger partial charge in [-0.3, -0.25) is 19.5 Å². The number of aromatic nitrogens is 1. The van der Waals surface area contributed by atoms with Gasteiger partial charge in [-0.2, -0.15) is 0 Å². The Hall–Kier alpha value is -3.94. The molecular weight excluding hydrogens is 461 g/mol. The molecule has 1 aliphatic rings. The monoisotopic (exact) mass is 491 g/mol. The zero-order chi connectivity index (χ0) is 25.5. The van der Waals surface area contributed by atoms with Crippen molar-refractivity contribution in [2.45, 2.75) is 44.2 Å².